The average molecular weight is 313 g/mol. The van der Waals surface area contributed by atoms with Gasteiger partial charge in [-0.2, -0.15) is 5.10 Å². The molecule has 2 aromatic heterocycles. The molecule has 0 bridgehead atoms. The van der Waals surface area contributed by atoms with E-state index < -0.39 is 24.3 Å². The van der Waals surface area contributed by atoms with Crippen LogP contribution in [0.1, 0.15) is 11.4 Å². The lowest BCUT2D eigenvalue weighted by molar-refractivity contribution is -0.386. The highest BCUT2D eigenvalue weighted by atomic mass is 19.1. The number of rotatable bonds is 6. The number of halogens is 1. The van der Waals surface area contributed by atoms with Gasteiger partial charge in [0, 0.05) is 13.1 Å². The molecule has 1 N–H and O–H groups in total. The molecular weight excluding hydrogens is 297 g/mol. The van der Waals surface area contributed by atoms with Crippen molar-refractivity contribution in [3.8, 4) is 11.7 Å². The van der Waals surface area contributed by atoms with Crippen LogP contribution < -0.4 is 4.74 Å². The summed E-state index contributed by atoms with van der Waals surface area (Å²) in [5.74, 6) is 0.226. The zero-order valence-corrected chi connectivity index (χ0v) is 12.4. The van der Waals surface area contributed by atoms with Gasteiger partial charge in [0.1, 0.15) is 12.3 Å². The maximum Gasteiger partial charge on any atom is 0.353 e. The molecule has 0 amide bonds. The van der Waals surface area contributed by atoms with Gasteiger partial charge in [0.15, 0.2) is 12.0 Å². The quantitative estimate of drug-likeness (QED) is 0.625. The number of ether oxygens (including phenoxy) is 1. The molecular formula is C12H16FN5O4. The molecule has 2 aromatic rings. The molecule has 2 heterocycles. The number of alkyl halides is 1. The highest BCUT2D eigenvalue weighted by molar-refractivity contribution is 5.48. The Morgan fingerprint density at radius 1 is 1.50 bits per heavy atom. The zero-order valence-electron chi connectivity index (χ0n) is 12.4. The molecule has 0 aromatic carbocycles. The van der Waals surface area contributed by atoms with Crippen molar-refractivity contribution in [3.63, 3.8) is 0 Å². The van der Waals surface area contributed by atoms with E-state index in [4.69, 9.17) is 9.84 Å². The number of nitro groups is 1. The van der Waals surface area contributed by atoms with Gasteiger partial charge in [-0.25, -0.2) is 9.07 Å². The third-order valence-electron chi connectivity index (χ3n) is 3.03. The molecule has 0 aliphatic carbocycles. The summed E-state index contributed by atoms with van der Waals surface area (Å²) in [4.78, 5) is 10.6. The van der Waals surface area contributed by atoms with Crippen LogP contribution in [0.15, 0.2) is 6.07 Å². The summed E-state index contributed by atoms with van der Waals surface area (Å²) in [5, 5.41) is 28.0. The summed E-state index contributed by atoms with van der Waals surface area (Å²) in [6.45, 7) is 2.05. The van der Waals surface area contributed by atoms with Crippen LogP contribution in [-0.4, -0.2) is 49.0 Å². The van der Waals surface area contributed by atoms with Gasteiger partial charge in [-0.3, -0.25) is 14.8 Å². The molecule has 0 aliphatic rings. The van der Waals surface area contributed by atoms with Crippen LogP contribution in [0, 0.1) is 24.0 Å². The molecule has 0 radical (unpaired) electrons. The van der Waals surface area contributed by atoms with Crippen LogP contribution in [0.3, 0.4) is 0 Å². The van der Waals surface area contributed by atoms with E-state index in [0.717, 1.165) is 5.69 Å². The minimum absolute atomic E-state index is 0.238. The molecule has 0 aliphatic heterocycles. The second-order valence-corrected chi connectivity index (χ2v) is 4.77. The molecule has 2 rings (SSSR count). The summed E-state index contributed by atoms with van der Waals surface area (Å²) in [7, 11) is 1.68. The fourth-order valence-corrected chi connectivity index (χ4v) is 2.02. The monoisotopic (exact) mass is 313 g/mol. The second kappa shape index (κ2) is 6.10. The maximum atomic E-state index is 13.1. The van der Waals surface area contributed by atoms with Crippen molar-refractivity contribution < 1.29 is 19.2 Å². The first-order chi connectivity index (χ1) is 10.3. The summed E-state index contributed by atoms with van der Waals surface area (Å²) in [6, 6.07) is 1.71. The van der Waals surface area contributed by atoms with Crippen molar-refractivity contribution >= 4 is 5.69 Å². The zero-order chi connectivity index (χ0) is 16.4. The van der Waals surface area contributed by atoms with Crippen molar-refractivity contribution in [2.45, 2.75) is 20.0 Å². The van der Waals surface area contributed by atoms with Crippen molar-refractivity contribution in [1.29, 1.82) is 0 Å². The Morgan fingerprint density at radius 3 is 2.68 bits per heavy atom. The van der Waals surface area contributed by atoms with E-state index >= 15 is 0 Å². The Bertz CT molecular complexity index is 696. The van der Waals surface area contributed by atoms with E-state index in [-0.39, 0.29) is 17.3 Å². The van der Waals surface area contributed by atoms with Gasteiger partial charge in [0.2, 0.25) is 0 Å². The van der Waals surface area contributed by atoms with E-state index in [1.54, 1.807) is 20.0 Å². The number of hydrogen-bond donors (Lipinski definition) is 1. The van der Waals surface area contributed by atoms with Crippen LogP contribution in [0.25, 0.3) is 5.82 Å². The third kappa shape index (κ3) is 2.91. The van der Waals surface area contributed by atoms with Gasteiger partial charge in [-0.1, -0.05) is 0 Å². The Hall–Kier alpha value is -2.49. The summed E-state index contributed by atoms with van der Waals surface area (Å²) in [5.41, 5.74) is 0.619. The van der Waals surface area contributed by atoms with Crippen LogP contribution in [-0.2, 0) is 7.05 Å². The van der Waals surface area contributed by atoms with Gasteiger partial charge in [0.05, 0.1) is 17.2 Å². The number of aryl methyl sites for hydroxylation is 2. The largest absolute Gasteiger partial charge is 0.469 e. The SMILES string of the molecule is Cc1cc(-n2nc(OCC(F)CO)c([N+](=O)[O-])c2C)n(C)n1. The predicted octanol–water partition coefficient (Wildman–Crippen LogP) is 0.840. The molecule has 1 unspecified atom stereocenters. The van der Waals surface area contributed by atoms with E-state index in [0.29, 0.717) is 5.82 Å². The topological polar surface area (TPSA) is 108 Å². The van der Waals surface area contributed by atoms with Crippen molar-refractivity contribution in [2.75, 3.05) is 13.2 Å². The Labute approximate surface area is 125 Å². The van der Waals surface area contributed by atoms with E-state index in [1.165, 1.54) is 16.3 Å². The van der Waals surface area contributed by atoms with Crippen LogP contribution in [0.2, 0.25) is 0 Å². The number of aliphatic hydroxyl groups excluding tert-OH is 1. The summed E-state index contributed by atoms with van der Waals surface area (Å²) in [6.07, 6.45) is -1.64. The minimum atomic E-state index is -1.64. The van der Waals surface area contributed by atoms with Gasteiger partial charge < -0.3 is 9.84 Å². The molecule has 0 spiro atoms. The predicted molar refractivity (Wildman–Crippen MR) is 73.9 cm³/mol. The van der Waals surface area contributed by atoms with Crippen LogP contribution in [0.4, 0.5) is 10.1 Å². The Balaban J connectivity index is 2.44. The lowest BCUT2D eigenvalue weighted by Gasteiger charge is -2.04. The molecule has 1 atom stereocenters. The Morgan fingerprint density at radius 2 is 2.18 bits per heavy atom. The molecule has 9 nitrogen and oxygen atoms in total. The standard InChI is InChI=1S/C12H16FN5O4/c1-7-4-10(16(3)14-7)17-8(2)11(18(20)21)12(15-17)22-6-9(13)5-19/h4,9,19H,5-6H2,1-3H3. The molecule has 0 fully saturated rings. The molecule has 10 heteroatoms. The second-order valence-electron chi connectivity index (χ2n) is 4.77. The fourth-order valence-electron chi connectivity index (χ4n) is 2.02. The highest BCUT2D eigenvalue weighted by Gasteiger charge is 2.29. The van der Waals surface area contributed by atoms with Crippen molar-refractivity contribution in [2.24, 2.45) is 7.05 Å². The fraction of sp³-hybridized carbons (Fsp3) is 0.500. The van der Waals surface area contributed by atoms with Crippen LogP contribution in [0.5, 0.6) is 5.88 Å². The van der Waals surface area contributed by atoms with E-state index in [9.17, 15) is 14.5 Å². The summed E-state index contributed by atoms with van der Waals surface area (Å²) < 4.78 is 20.9. The number of aromatic nitrogens is 4. The van der Waals surface area contributed by atoms with Gasteiger partial charge in [-0.05, 0) is 13.8 Å². The lowest BCUT2D eigenvalue weighted by atomic mass is 10.4. The molecule has 0 saturated carbocycles. The molecule has 22 heavy (non-hydrogen) atoms. The molecule has 120 valence electrons. The maximum absolute atomic E-state index is 13.1. The van der Waals surface area contributed by atoms with Crippen molar-refractivity contribution in [3.05, 3.63) is 27.6 Å². The van der Waals surface area contributed by atoms with E-state index in [2.05, 4.69) is 10.2 Å². The van der Waals surface area contributed by atoms with E-state index in [1.807, 2.05) is 0 Å². The number of nitrogens with zero attached hydrogens (tertiary/aromatic N) is 5. The Kier molecular flexibility index (Phi) is 4.40. The highest BCUT2D eigenvalue weighted by Crippen LogP contribution is 2.31. The van der Waals surface area contributed by atoms with Crippen molar-refractivity contribution in [1.82, 2.24) is 19.6 Å². The van der Waals surface area contributed by atoms with Crippen LogP contribution >= 0.6 is 0 Å². The first-order valence-electron chi connectivity index (χ1n) is 6.48. The minimum Gasteiger partial charge on any atom is -0.469 e. The van der Waals surface area contributed by atoms with Gasteiger partial charge in [-0.15, -0.1) is 5.10 Å². The first kappa shape index (κ1) is 15.9. The van der Waals surface area contributed by atoms with Gasteiger partial charge >= 0.3 is 11.6 Å². The summed E-state index contributed by atoms with van der Waals surface area (Å²) >= 11 is 0. The smallest absolute Gasteiger partial charge is 0.353 e. The number of hydrogen-bond acceptors (Lipinski definition) is 6. The number of aliphatic hydroxyl groups is 1. The third-order valence-corrected chi connectivity index (χ3v) is 3.03. The first-order valence-corrected chi connectivity index (χ1v) is 6.48. The van der Waals surface area contributed by atoms with Gasteiger partial charge in [0.25, 0.3) is 0 Å². The lowest BCUT2D eigenvalue weighted by Crippen LogP contribution is -2.17. The molecule has 0 saturated heterocycles. The normalized spacial score (nSPS) is 12.4. The average Bonchev–Trinajstić information content (AvgIpc) is 2.95.